The highest BCUT2D eigenvalue weighted by molar-refractivity contribution is 14.0. The standard InChI is InChI=1S/C20H29N5O2.HI/c1-21-20(23-14-17(24(2)3)18-7-6-12-27-18)22-13-15-8-10-16(11-9-15)19(26)25(4)5;/h6-12,17H,13-14H2,1-5H3,(H2,21,22,23);1H. The molecule has 0 bridgehead atoms. The lowest BCUT2D eigenvalue weighted by Gasteiger charge is -2.23. The van der Waals surface area contributed by atoms with Crippen LogP contribution in [0.3, 0.4) is 0 Å². The van der Waals surface area contributed by atoms with E-state index >= 15 is 0 Å². The van der Waals surface area contributed by atoms with Gasteiger partial charge in [0, 0.05) is 39.8 Å². The van der Waals surface area contributed by atoms with Crippen molar-refractivity contribution in [1.82, 2.24) is 20.4 Å². The minimum Gasteiger partial charge on any atom is -0.468 e. The third-order valence-electron chi connectivity index (χ3n) is 4.25. The number of carbonyl (C=O) groups excluding carboxylic acids is 1. The lowest BCUT2D eigenvalue weighted by atomic mass is 10.1. The van der Waals surface area contributed by atoms with E-state index in [1.165, 1.54) is 0 Å². The first-order valence-corrected chi connectivity index (χ1v) is 8.87. The van der Waals surface area contributed by atoms with E-state index in [1.54, 1.807) is 32.3 Å². The van der Waals surface area contributed by atoms with E-state index < -0.39 is 0 Å². The van der Waals surface area contributed by atoms with Crippen LogP contribution in [-0.2, 0) is 6.54 Å². The van der Waals surface area contributed by atoms with Crippen molar-refractivity contribution in [2.75, 3.05) is 41.8 Å². The molecular formula is C20H30IN5O2. The Morgan fingerprint density at radius 1 is 1.11 bits per heavy atom. The molecule has 1 aromatic carbocycles. The molecule has 2 rings (SSSR count). The maximum absolute atomic E-state index is 11.9. The first-order chi connectivity index (χ1) is 12.9. The minimum atomic E-state index is -0.000334. The van der Waals surface area contributed by atoms with Gasteiger partial charge >= 0.3 is 0 Å². The lowest BCUT2D eigenvalue weighted by Crippen LogP contribution is -2.41. The van der Waals surface area contributed by atoms with Crippen molar-refractivity contribution in [3.63, 3.8) is 0 Å². The Kier molecular flexibility index (Phi) is 10.0. The van der Waals surface area contributed by atoms with Crippen molar-refractivity contribution in [3.05, 3.63) is 59.5 Å². The van der Waals surface area contributed by atoms with Gasteiger partial charge in [-0.2, -0.15) is 0 Å². The van der Waals surface area contributed by atoms with E-state index in [9.17, 15) is 4.79 Å². The summed E-state index contributed by atoms with van der Waals surface area (Å²) in [4.78, 5) is 19.9. The molecule has 154 valence electrons. The monoisotopic (exact) mass is 499 g/mol. The summed E-state index contributed by atoms with van der Waals surface area (Å²) in [5.74, 6) is 1.62. The molecule has 1 aromatic heterocycles. The van der Waals surface area contributed by atoms with Crippen LogP contribution in [0.1, 0.15) is 27.7 Å². The molecule has 8 heteroatoms. The number of halogens is 1. The fourth-order valence-electron chi connectivity index (χ4n) is 2.64. The van der Waals surface area contributed by atoms with Gasteiger partial charge in [-0.05, 0) is 43.9 Å². The molecular weight excluding hydrogens is 469 g/mol. The van der Waals surface area contributed by atoms with E-state index in [4.69, 9.17) is 4.42 Å². The molecule has 0 spiro atoms. The fraction of sp³-hybridized carbons (Fsp3) is 0.400. The third kappa shape index (κ3) is 6.83. The molecule has 0 saturated heterocycles. The summed E-state index contributed by atoms with van der Waals surface area (Å²) in [5.41, 5.74) is 1.75. The van der Waals surface area contributed by atoms with Crippen LogP contribution in [0, 0.1) is 0 Å². The molecule has 0 saturated carbocycles. The van der Waals surface area contributed by atoms with Gasteiger partial charge in [0.25, 0.3) is 5.91 Å². The van der Waals surface area contributed by atoms with Gasteiger partial charge in [-0.1, -0.05) is 12.1 Å². The summed E-state index contributed by atoms with van der Waals surface area (Å²) >= 11 is 0. The van der Waals surface area contributed by atoms with E-state index in [1.807, 2.05) is 50.5 Å². The first-order valence-electron chi connectivity index (χ1n) is 8.87. The van der Waals surface area contributed by atoms with Gasteiger partial charge in [-0.25, -0.2) is 0 Å². The number of likely N-dealkylation sites (N-methyl/N-ethyl adjacent to an activating group) is 1. The van der Waals surface area contributed by atoms with E-state index in [-0.39, 0.29) is 35.9 Å². The number of rotatable bonds is 7. The Labute approximate surface area is 184 Å². The van der Waals surface area contributed by atoms with Gasteiger partial charge in [0.15, 0.2) is 5.96 Å². The second-order valence-corrected chi connectivity index (χ2v) is 6.70. The van der Waals surface area contributed by atoms with Crippen LogP contribution >= 0.6 is 24.0 Å². The minimum absolute atomic E-state index is 0. The van der Waals surface area contributed by atoms with Gasteiger partial charge < -0.3 is 20.0 Å². The Bertz CT molecular complexity index is 742. The average molecular weight is 499 g/mol. The number of aliphatic imine (C=N–C) groups is 1. The van der Waals surface area contributed by atoms with Crippen LogP contribution in [0.5, 0.6) is 0 Å². The van der Waals surface area contributed by atoms with Crippen LogP contribution in [-0.4, -0.2) is 63.4 Å². The van der Waals surface area contributed by atoms with Gasteiger partial charge in [0.05, 0.1) is 12.3 Å². The van der Waals surface area contributed by atoms with Crippen molar-refractivity contribution in [2.24, 2.45) is 4.99 Å². The molecule has 1 heterocycles. The molecule has 0 fully saturated rings. The van der Waals surface area contributed by atoms with Crippen LogP contribution < -0.4 is 10.6 Å². The highest BCUT2D eigenvalue weighted by Gasteiger charge is 2.17. The molecule has 0 aliphatic carbocycles. The molecule has 2 N–H and O–H groups in total. The van der Waals surface area contributed by atoms with Gasteiger partial charge in [0.2, 0.25) is 0 Å². The van der Waals surface area contributed by atoms with Crippen LogP contribution in [0.15, 0.2) is 52.1 Å². The number of guanidine groups is 1. The van der Waals surface area contributed by atoms with Gasteiger partial charge in [-0.15, -0.1) is 24.0 Å². The molecule has 2 aromatic rings. The molecule has 7 nitrogen and oxygen atoms in total. The Hall–Kier alpha value is -2.07. The van der Waals surface area contributed by atoms with Gasteiger partial charge in [-0.3, -0.25) is 14.7 Å². The quantitative estimate of drug-likeness (QED) is 0.348. The van der Waals surface area contributed by atoms with Crippen molar-refractivity contribution >= 4 is 35.8 Å². The summed E-state index contributed by atoms with van der Waals surface area (Å²) in [7, 11) is 9.27. The zero-order valence-electron chi connectivity index (χ0n) is 17.1. The molecule has 0 radical (unpaired) electrons. The summed E-state index contributed by atoms with van der Waals surface area (Å²) in [6.07, 6.45) is 1.68. The number of furan rings is 1. The summed E-state index contributed by atoms with van der Waals surface area (Å²) in [6.45, 7) is 1.28. The SMILES string of the molecule is CN=C(NCc1ccc(C(=O)N(C)C)cc1)NCC(c1ccco1)N(C)C.I. The van der Waals surface area contributed by atoms with E-state index in [0.717, 1.165) is 11.3 Å². The zero-order valence-corrected chi connectivity index (χ0v) is 19.4. The predicted molar refractivity (Wildman–Crippen MR) is 123 cm³/mol. The number of hydrogen-bond donors (Lipinski definition) is 2. The number of amides is 1. The maximum atomic E-state index is 11.9. The van der Waals surface area contributed by atoms with Crippen LogP contribution in [0.2, 0.25) is 0 Å². The third-order valence-corrected chi connectivity index (χ3v) is 4.25. The molecule has 28 heavy (non-hydrogen) atoms. The normalized spacial score (nSPS) is 12.3. The topological polar surface area (TPSA) is 73.1 Å². The predicted octanol–water partition coefficient (Wildman–Crippen LogP) is 2.57. The molecule has 0 aliphatic rings. The Morgan fingerprint density at radius 2 is 1.79 bits per heavy atom. The van der Waals surface area contributed by atoms with Crippen LogP contribution in [0.4, 0.5) is 0 Å². The average Bonchev–Trinajstić information content (AvgIpc) is 3.18. The number of hydrogen-bond acceptors (Lipinski definition) is 4. The highest BCUT2D eigenvalue weighted by Crippen LogP contribution is 2.17. The Balaban J connectivity index is 0.00000392. The summed E-state index contributed by atoms with van der Waals surface area (Å²) < 4.78 is 5.53. The smallest absolute Gasteiger partial charge is 0.253 e. The van der Waals surface area contributed by atoms with Crippen molar-refractivity contribution < 1.29 is 9.21 Å². The Morgan fingerprint density at radius 3 is 2.29 bits per heavy atom. The summed E-state index contributed by atoms with van der Waals surface area (Å²) in [5, 5.41) is 6.62. The second kappa shape index (κ2) is 11.7. The molecule has 1 atom stereocenters. The number of nitrogens with zero attached hydrogens (tertiary/aromatic N) is 3. The van der Waals surface area contributed by atoms with Crippen molar-refractivity contribution in [2.45, 2.75) is 12.6 Å². The molecule has 1 amide bonds. The second-order valence-electron chi connectivity index (χ2n) is 6.70. The van der Waals surface area contributed by atoms with Crippen molar-refractivity contribution in [1.29, 1.82) is 0 Å². The van der Waals surface area contributed by atoms with Crippen molar-refractivity contribution in [3.8, 4) is 0 Å². The van der Waals surface area contributed by atoms with Gasteiger partial charge in [0.1, 0.15) is 5.76 Å². The maximum Gasteiger partial charge on any atom is 0.253 e. The zero-order chi connectivity index (χ0) is 19.8. The number of carbonyl (C=O) groups is 1. The first kappa shape index (κ1) is 24.0. The molecule has 0 aliphatic heterocycles. The number of benzene rings is 1. The summed E-state index contributed by atoms with van der Waals surface area (Å²) in [6, 6.07) is 11.5. The molecule has 1 unspecified atom stereocenters. The van der Waals surface area contributed by atoms with Crippen LogP contribution in [0.25, 0.3) is 0 Å². The fourth-order valence-corrected chi connectivity index (χ4v) is 2.64. The largest absolute Gasteiger partial charge is 0.468 e. The van der Waals surface area contributed by atoms with E-state index in [0.29, 0.717) is 24.6 Å². The lowest BCUT2D eigenvalue weighted by molar-refractivity contribution is 0.0827. The highest BCUT2D eigenvalue weighted by atomic mass is 127. The number of nitrogens with one attached hydrogen (secondary N) is 2. The van der Waals surface area contributed by atoms with E-state index in [2.05, 4.69) is 20.5 Å².